The van der Waals surface area contributed by atoms with Crippen LogP contribution in [0.5, 0.6) is 5.75 Å². The second-order valence-corrected chi connectivity index (χ2v) is 19.5. The highest BCUT2D eigenvalue weighted by Crippen LogP contribution is 2.35. The molecule has 0 spiro atoms. The number of carbonyl (C=O) groups excluding carboxylic acids is 6. The zero-order chi connectivity index (χ0) is 51.3. The van der Waals surface area contributed by atoms with E-state index in [0.717, 1.165) is 58.5 Å². The number of hydrogen-bond acceptors (Lipinski definition) is 12. The number of nitrogens with zero attached hydrogens (tertiary/aromatic N) is 5. The lowest BCUT2D eigenvalue weighted by Crippen LogP contribution is -2.54. The van der Waals surface area contributed by atoms with E-state index in [-0.39, 0.29) is 66.5 Å². The fraction of sp³-hybridized carbons (Fsp3) is 0.352. The molecular formula is C54H57N9O9. The van der Waals surface area contributed by atoms with E-state index in [2.05, 4.69) is 32.3 Å². The number of imide groups is 2. The number of aromatic nitrogens is 2. The van der Waals surface area contributed by atoms with Gasteiger partial charge < -0.3 is 30.0 Å². The number of carbonyl (C=O) groups is 6. The van der Waals surface area contributed by atoms with Gasteiger partial charge in [-0.2, -0.15) is 5.26 Å². The van der Waals surface area contributed by atoms with Gasteiger partial charge in [-0.3, -0.25) is 43.9 Å². The van der Waals surface area contributed by atoms with Crippen molar-refractivity contribution in [1.82, 2.24) is 30.4 Å². The van der Waals surface area contributed by atoms with E-state index in [1.54, 1.807) is 51.5 Å². The van der Waals surface area contributed by atoms with Gasteiger partial charge in [0.05, 0.1) is 34.4 Å². The van der Waals surface area contributed by atoms with Gasteiger partial charge in [0.25, 0.3) is 17.7 Å². The highest BCUT2D eigenvalue weighted by Gasteiger charge is 2.46. The summed E-state index contributed by atoms with van der Waals surface area (Å²) < 4.78 is 13.7. The largest absolute Gasteiger partial charge is 0.483 e. The molecule has 18 nitrogen and oxygen atoms in total. The summed E-state index contributed by atoms with van der Waals surface area (Å²) >= 11 is 0. The number of pyridine rings is 2. The first kappa shape index (κ1) is 50.2. The molecule has 2 aliphatic heterocycles. The summed E-state index contributed by atoms with van der Waals surface area (Å²) in [6.45, 7) is 7.36. The van der Waals surface area contributed by atoms with Crippen molar-refractivity contribution in [1.29, 1.82) is 5.26 Å². The zero-order valence-electron chi connectivity index (χ0n) is 40.8. The number of anilines is 2. The Morgan fingerprint density at radius 3 is 2.25 bits per heavy atom. The van der Waals surface area contributed by atoms with Gasteiger partial charge in [-0.25, -0.2) is 9.78 Å². The molecule has 2 aromatic heterocycles. The van der Waals surface area contributed by atoms with Crippen LogP contribution in [-0.4, -0.2) is 86.9 Å². The van der Waals surface area contributed by atoms with Gasteiger partial charge in [0.15, 0.2) is 6.61 Å². The number of nitrogens with one attached hydrogen (secondary N) is 4. The average molecular weight is 976 g/mol. The predicted molar refractivity (Wildman–Crippen MR) is 267 cm³/mol. The maximum atomic E-state index is 14.3. The van der Waals surface area contributed by atoms with E-state index >= 15 is 0 Å². The molecular weight excluding hydrogens is 919 g/mol. The molecule has 1 saturated heterocycles. The van der Waals surface area contributed by atoms with Crippen LogP contribution in [-0.2, 0) is 38.3 Å². The van der Waals surface area contributed by atoms with Gasteiger partial charge in [0, 0.05) is 56.2 Å². The minimum Gasteiger partial charge on any atom is -0.483 e. The molecule has 1 unspecified atom stereocenters. The minimum atomic E-state index is -1.14. The summed E-state index contributed by atoms with van der Waals surface area (Å²) in [5.41, 5.74) is 3.03. The van der Waals surface area contributed by atoms with Crippen LogP contribution in [0.25, 0.3) is 11.1 Å². The van der Waals surface area contributed by atoms with Crippen molar-refractivity contribution in [3.63, 3.8) is 0 Å². The van der Waals surface area contributed by atoms with Crippen LogP contribution in [0.1, 0.15) is 104 Å². The first-order chi connectivity index (χ1) is 34.4. The molecule has 372 valence electrons. The molecule has 7 amide bonds. The number of rotatable bonds is 16. The van der Waals surface area contributed by atoms with Crippen molar-refractivity contribution >= 4 is 47.1 Å². The van der Waals surface area contributed by atoms with Crippen LogP contribution >= 0.6 is 0 Å². The SMILES string of the molecule is Cn1cc(-c2ccc(N(C(=O)NCc3ccc(C(C)(C)OCC(C)(C)NC(=O)COc4cccc5c4C(=O)N(C4CCC(=O)NC4=O)C5=O)cc3)C3CCC(Nc4ccc(C#N)cn4)CC3)cc2)ccc1=O. The third kappa shape index (κ3) is 11.4. The molecule has 72 heavy (non-hydrogen) atoms. The van der Waals surface area contributed by atoms with Crippen molar-refractivity contribution in [3.8, 4) is 22.9 Å². The summed E-state index contributed by atoms with van der Waals surface area (Å²) in [6, 6.07) is 27.7. The lowest BCUT2D eigenvalue weighted by molar-refractivity contribution is -0.136. The Labute approximate surface area is 416 Å². The van der Waals surface area contributed by atoms with Crippen molar-refractivity contribution in [2.75, 3.05) is 23.4 Å². The Balaban J connectivity index is 0.856. The predicted octanol–water partition coefficient (Wildman–Crippen LogP) is 6.09. The van der Waals surface area contributed by atoms with E-state index in [9.17, 15) is 33.6 Å². The first-order valence-electron chi connectivity index (χ1n) is 23.9. The Morgan fingerprint density at radius 1 is 0.861 bits per heavy atom. The van der Waals surface area contributed by atoms with E-state index < -0.39 is 53.3 Å². The molecule has 2 fully saturated rings. The monoisotopic (exact) mass is 975 g/mol. The molecule has 18 heteroatoms. The highest BCUT2D eigenvalue weighted by molar-refractivity contribution is 6.24. The van der Waals surface area contributed by atoms with Gasteiger partial charge in [0.1, 0.15) is 23.7 Å². The number of benzene rings is 3. The van der Waals surface area contributed by atoms with E-state index in [1.165, 1.54) is 28.8 Å². The second kappa shape index (κ2) is 21.0. The highest BCUT2D eigenvalue weighted by atomic mass is 16.5. The summed E-state index contributed by atoms with van der Waals surface area (Å²) in [6.07, 6.45) is 6.45. The molecule has 8 rings (SSSR count). The molecule has 3 aliphatic rings. The van der Waals surface area contributed by atoms with Crippen LogP contribution < -0.4 is 36.5 Å². The third-order valence-electron chi connectivity index (χ3n) is 13.2. The van der Waals surface area contributed by atoms with E-state index in [1.807, 2.05) is 67.3 Å². The standard InChI is InChI=1S/C54H57N9O9/c1-53(2,60-46(65)31-71-43-8-6-7-41-48(43)51(69)63(50(41)68)42-23-25-45(64)59-49(42)67)32-72-54(3,4)37-15-9-33(10-16-37)28-57-52(70)62(39-19-12-35(13-20-39)36-14-26-47(66)61(5)30-36)40-21-17-38(18-22-40)58-44-24-11-34(27-55)29-56-44/h6-16,19-20,24,26,29-30,38,40,42H,17-18,21-23,25,28,31-32H2,1-5H3,(H,56,58)(H,57,70)(H,60,65)(H,59,64,67). The first-order valence-corrected chi connectivity index (χ1v) is 23.9. The summed E-state index contributed by atoms with van der Waals surface area (Å²) in [5, 5.41) is 20.9. The van der Waals surface area contributed by atoms with Crippen molar-refractivity contribution < 1.29 is 38.2 Å². The number of nitriles is 1. The molecule has 4 heterocycles. The molecule has 0 bridgehead atoms. The number of piperidine rings is 1. The minimum absolute atomic E-state index is 0.0112. The Hall–Kier alpha value is -8.17. The number of amides is 7. The smallest absolute Gasteiger partial charge is 0.322 e. The quantitative estimate of drug-likeness (QED) is 0.0824. The summed E-state index contributed by atoms with van der Waals surface area (Å²) in [4.78, 5) is 97.4. The molecule has 5 aromatic rings. The molecule has 3 aromatic carbocycles. The molecule has 4 N–H and O–H groups in total. The molecule has 1 aliphatic carbocycles. The summed E-state index contributed by atoms with van der Waals surface area (Å²) in [5.74, 6) is -2.39. The van der Waals surface area contributed by atoms with E-state index in [4.69, 9.17) is 14.7 Å². The van der Waals surface area contributed by atoms with Crippen LogP contribution in [0.3, 0.4) is 0 Å². The van der Waals surface area contributed by atoms with E-state index in [0.29, 0.717) is 11.4 Å². The van der Waals surface area contributed by atoms with Crippen LogP contribution in [0.4, 0.5) is 16.3 Å². The van der Waals surface area contributed by atoms with Crippen molar-refractivity contribution in [2.24, 2.45) is 7.05 Å². The fourth-order valence-corrected chi connectivity index (χ4v) is 9.23. The maximum absolute atomic E-state index is 14.3. The number of fused-ring (bicyclic) bond motifs is 1. The number of aryl methyl sites for hydroxylation is 1. The lowest BCUT2D eigenvalue weighted by atomic mass is 9.89. The second-order valence-electron chi connectivity index (χ2n) is 19.5. The molecule has 1 saturated carbocycles. The molecule has 0 radical (unpaired) electrons. The van der Waals surface area contributed by atoms with Crippen molar-refractivity contribution in [2.45, 2.75) is 102 Å². The van der Waals surface area contributed by atoms with Crippen LogP contribution in [0, 0.1) is 11.3 Å². The van der Waals surface area contributed by atoms with Gasteiger partial charge >= 0.3 is 6.03 Å². The Kier molecular flexibility index (Phi) is 14.7. The maximum Gasteiger partial charge on any atom is 0.322 e. The normalized spacial score (nSPS) is 17.9. The van der Waals surface area contributed by atoms with Crippen LogP contribution in [0.2, 0.25) is 0 Å². The van der Waals surface area contributed by atoms with Crippen LogP contribution in [0.15, 0.2) is 108 Å². The third-order valence-corrected chi connectivity index (χ3v) is 13.2. The Bertz CT molecular complexity index is 2990. The fourth-order valence-electron chi connectivity index (χ4n) is 9.23. The number of urea groups is 1. The Morgan fingerprint density at radius 2 is 1.58 bits per heavy atom. The van der Waals surface area contributed by atoms with Crippen molar-refractivity contribution in [3.05, 3.63) is 142 Å². The number of hydrogen-bond donors (Lipinski definition) is 4. The topological polar surface area (TPSA) is 234 Å². The van der Waals surface area contributed by atoms with Gasteiger partial charge in [-0.1, -0.05) is 42.5 Å². The number of ether oxygens (including phenoxy) is 2. The molecule has 1 atom stereocenters. The van der Waals surface area contributed by atoms with Gasteiger partial charge in [0.2, 0.25) is 17.4 Å². The van der Waals surface area contributed by atoms with Gasteiger partial charge in [-0.15, -0.1) is 0 Å². The average Bonchev–Trinajstić information content (AvgIpc) is 3.62. The zero-order valence-corrected chi connectivity index (χ0v) is 40.8. The summed E-state index contributed by atoms with van der Waals surface area (Å²) in [7, 11) is 1.71. The lowest BCUT2D eigenvalue weighted by Gasteiger charge is -2.37. The van der Waals surface area contributed by atoms with Gasteiger partial charge in [-0.05, 0) is 125 Å².